The lowest BCUT2D eigenvalue weighted by Crippen LogP contribution is -2.45. The van der Waals surface area contributed by atoms with Crippen LogP contribution in [-0.2, 0) is 14.8 Å². The van der Waals surface area contributed by atoms with Crippen LogP contribution in [0.3, 0.4) is 0 Å². The lowest BCUT2D eigenvalue weighted by molar-refractivity contribution is -0.122. The van der Waals surface area contributed by atoms with E-state index in [-0.39, 0.29) is 22.4 Å². The van der Waals surface area contributed by atoms with Crippen LogP contribution in [0.25, 0.3) is 0 Å². The van der Waals surface area contributed by atoms with Crippen molar-refractivity contribution in [2.45, 2.75) is 63.4 Å². The number of nitrogens with one attached hydrogen (secondary N) is 2. The lowest BCUT2D eigenvalue weighted by Gasteiger charge is -2.32. The van der Waals surface area contributed by atoms with E-state index in [1.165, 1.54) is 16.4 Å². The molecular formula is C19H29N3O4S. The second-order valence-electron chi connectivity index (χ2n) is 6.97. The molecule has 0 aromatic heterocycles. The van der Waals surface area contributed by atoms with Gasteiger partial charge >= 0.3 is 0 Å². The third-order valence-electron chi connectivity index (χ3n) is 4.73. The van der Waals surface area contributed by atoms with Gasteiger partial charge in [-0.25, -0.2) is 8.42 Å². The third kappa shape index (κ3) is 5.29. The highest BCUT2D eigenvalue weighted by molar-refractivity contribution is 7.89. The molecule has 1 aromatic rings. The summed E-state index contributed by atoms with van der Waals surface area (Å²) >= 11 is 0. The van der Waals surface area contributed by atoms with Crippen LogP contribution >= 0.6 is 0 Å². The molecule has 0 saturated carbocycles. The van der Waals surface area contributed by atoms with Crippen molar-refractivity contribution in [3.63, 3.8) is 0 Å². The number of piperidine rings is 1. The summed E-state index contributed by atoms with van der Waals surface area (Å²) in [5.41, 5.74) is 0.218. The number of benzene rings is 1. The van der Waals surface area contributed by atoms with Gasteiger partial charge in [0.15, 0.2) is 0 Å². The molecular weight excluding hydrogens is 366 g/mol. The van der Waals surface area contributed by atoms with Crippen molar-refractivity contribution >= 4 is 21.8 Å². The van der Waals surface area contributed by atoms with Gasteiger partial charge < -0.3 is 10.6 Å². The first kappa shape index (κ1) is 21.4. The molecule has 1 heterocycles. The molecule has 1 aromatic carbocycles. The SMILES string of the molecule is CCCNC(=O)[C@@H](C)NC(=O)c1cccc(S(=O)(=O)N2CCCC[C@@H]2C)c1. The zero-order valence-corrected chi connectivity index (χ0v) is 17.0. The number of hydrogen-bond donors (Lipinski definition) is 2. The fourth-order valence-electron chi connectivity index (χ4n) is 3.11. The molecule has 0 radical (unpaired) electrons. The maximum atomic E-state index is 13.0. The van der Waals surface area contributed by atoms with Gasteiger partial charge in [0.05, 0.1) is 4.90 Å². The van der Waals surface area contributed by atoms with Gasteiger partial charge in [0.2, 0.25) is 15.9 Å². The van der Waals surface area contributed by atoms with Crippen molar-refractivity contribution in [2.24, 2.45) is 0 Å². The zero-order valence-electron chi connectivity index (χ0n) is 16.2. The number of hydrogen-bond acceptors (Lipinski definition) is 4. The number of rotatable bonds is 7. The molecule has 7 nitrogen and oxygen atoms in total. The van der Waals surface area contributed by atoms with E-state index in [0.717, 1.165) is 25.7 Å². The summed E-state index contributed by atoms with van der Waals surface area (Å²) in [5.74, 6) is -0.742. The normalized spacial score (nSPS) is 19.3. The van der Waals surface area contributed by atoms with Gasteiger partial charge in [-0.05, 0) is 51.3 Å². The number of carbonyl (C=O) groups excluding carboxylic acids is 2. The molecule has 0 spiro atoms. The van der Waals surface area contributed by atoms with Crippen molar-refractivity contribution in [1.82, 2.24) is 14.9 Å². The van der Waals surface area contributed by atoms with Crippen LogP contribution in [0, 0.1) is 0 Å². The predicted molar refractivity (Wildman–Crippen MR) is 104 cm³/mol. The molecule has 1 fully saturated rings. The summed E-state index contributed by atoms with van der Waals surface area (Å²) in [6.07, 6.45) is 3.51. The first-order valence-corrected chi connectivity index (χ1v) is 10.9. The first-order chi connectivity index (χ1) is 12.8. The quantitative estimate of drug-likeness (QED) is 0.737. The van der Waals surface area contributed by atoms with E-state index in [4.69, 9.17) is 0 Å². The summed E-state index contributed by atoms with van der Waals surface area (Å²) in [6, 6.07) is 5.23. The summed E-state index contributed by atoms with van der Waals surface area (Å²) in [5, 5.41) is 5.33. The number of nitrogens with zero attached hydrogens (tertiary/aromatic N) is 1. The van der Waals surface area contributed by atoms with Gasteiger partial charge in [-0.3, -0.25) is 9.59 Å². The summed E-state index contributed by atoms with van der Waals surface area (Å²) in [6.45, 7) is 6.48. The molecule has 2 atom stereocenters. The van der Waals surface area contributed by atoms with Crippen molar-refractivity contribution in [3.8, 4) is 0 Å². The van der Waals surface area contributed by atoms with Crippen LogP contribution in [0.4, 0.5) is 0 Å². The van der Waals surface area contributed by atoms with E-state index in [2.05, 4.69) is 10.6 Å². The van der Waals surface area contributed by atoms with Crippen molar-refractivity contribution in [3.05, 3.63) is 29.8 Å². The molecule has 0 aliphatic carbocycles. The van der Waals surface area contributed by atoms with Crippen LogP contribution in [0.2, 0.25) is 0 Å². The van der Waals surface area contributed by atoms with Gasteiger partial charge in [0.25, 0.3) is 5.91 Å². The highest BCUT2D eigenvalue weighted by Gasteiger charge is 2.31. The van der Waals surface area contributed by atoms with E-state index in [0.29, 0.717) is 13.1 Å². The third-order valence-corrected chi connectivity index (χ3v) is 6.74. The molecule has 0 bridgehead atoms. The second kappa shape index (κ2) is 9.32. The Kier molecular flexibility index (Phi) is 7.38. The number of amides is 2. The minimum absolute atomic E-state index is 0.0523. The number of sulfonamides is 1. The Labute approximate surface area is 161 Å². The monoisotopic (exact) mass is 395 g/mol. The molecule has 27 heavy (non-hydrogen) atoms. The Balaban J connectivity index is 2.14. The van der Waals surface area contributed by atoms with Crippen LogP contribution in [-0.4, -0.2) is 49.7 Å². The Morgan fingerprint density at radius 1 is 1.30 bits per heavy atom. The van der Waals surface area contributed by atoms with Crippen LogP contribution in [0.1, 0.15) is 56.8 Å². The zero-order chi connectivity index (χ0) is 20.0. The molecule has 2 amide bonds. The highest BCUT2D eigenvalue weighted by Crippen LogP contribution is 2.25. The van der Waals surface area contributed by atoms with Crippen LogP contribution in [0.15, 0.2) is 29.2 Å². The average Bonchev–Trinajstić information content (AvgIpc) is 2.66. The second-order valence-corrected chi connectivity index (χ2v) is 8.87. The summed E-state index contributed by atoms with van der Waals surface area (Å²) in [7, 11) is -3.65. The fraction of sp³-hybridized carbons (Fsp3) is 0.579. The Bertz CT molecular complexity index is 779. The van der Waals surface area contributed by atoms with Gasteiger partial charge in [0.1, 0.15) is 6.04 Å². The number of carbonyl (C=O) groups is 2. The van der Waals surface area contributed by atoms with Crippen molar-refractivity contribution in [2.75, 3.05) is 13.1 Å². The molecule has 2 rings (SSSR count). The largest absolute Gasteiger partial charge is 0.354 e. The maximum absolute atomic E-state index is 13.0. The van der Waals surface area contributed by atoms with E-state index in [9.17, 15) is 18.0 Å². The topological polar surface area (TPSA) is 95.6 Å². The molecule has 1 saturated heterocycles. The summed E-state index contributed by atoms with van der Waals surface area (Å²) < 4.78 is 27.4. The van der Waals surface area contributed by atoms with Crippen LogP contribution < -0.4 is 10.6 Å². The Morgan fingerprint density at radius 3 is 2.70 bits per heavy atom. The standard InChI is InChI=1S/C19H29N3O4S/c1-4-11-20-18(23)15(3)21-19(24)16-9-7-10-17(13-16)27(25,26)22-12-6-5-8-14(22)2/h7,9-10,13-15H,4-6,8,11-12H2,1-3H3,(H,20,23)(H,21,24)/t14-,15+/m0/s1. The van der Waals surface area contributed by atoms with Gasteiger partial charge in [-0.2, -0.15) is 4.31 Å². The van der Waals surface area contributed by atoms with Gasteiger partial charge in [-0.15, -0.1) is 0 Å². The molecule has 0 unspecified atom stereocenters. The highest BCUT2D eigenvalue weighted by atomic mass is 32.2. The fourth-order valence-corrected chi connectivity index (χ4v) is 4.85. The minimum atomic E-state index is -3.65. The molecule has 150 valence electrons. The van der Waals surface area contributed by atoms with Crippen LogP contribution in [0.5, 0.6) is 0 Å². The van der Waals surface area contributed by atoms with E-state index in [1.807, 2.05) is 13.8 Å². The van der Waals surface area contributed by atoms with Crippen molar-refractivity contribution in [1.29, 1.82) is 0 Å². The van der Waals surface area contributed by atoms with Gasteiger partial charge in [-0.1, -0.05) is 19.4 Å². The van der Waals surface area contributed by atoms with Crippen molar-refractivity contribution < 1.29 is 18.0 Å². The lowest BCUT2D eigenvalue weighted by atomic mass is 10.1. The Hall–Kier alpha value is -1.93. The average molecular weight is 396 g/mol. The Morgan fingerprint density at radius 2 is 2.04 bits per heavy atom. The predicted octanol–water partition coefficient (Wildman–Crippen LogP) is 1.89. The summed E-state index contributed by atoms with van der Waals surface area (Å²) in [4.78, 5) is 24.5. The smallest absolute Gasteiger partial charge is 0.251 e. The van der Waals surface area contributed by atoms with E-state index in [1.54, 1.807) is 19.1 Å². The maximum Gasteiger partial charge on any atom is 0.251 e. The molecule has 1 aliphatic rings. The van der Waals surface area contributed by atoms with Gasteiger partial charge in [0, 0.05) is 24.7 Å². The molecule has 1 aliphatic heterocycles. The van der Waals surface area contributed by atoms with E-state index >= 15 is 0 Å². The first-order valence-electron chi connectivity index (χ1n) is 9.48. The molecule has 8 heteroatoms. The molecule has 2 N–H and O–H groups in total. The van der Waals surface area contributed by atoms with E-state index < -0.39 is 22.0 Å². The minimum Gasteiger partial charge on any atom is -0.354 e.